The lowest BCUT2D eigenvalue weighted by molar-refractivity contribution is 0.630. The number of hydrogen-bond acceptors (Lipinski definition) is 2. The van der Waals surface area contributed by atoms with E-state index in [1.54, 1.807) is 42.5 Å². The van der Waals surface area contributed by atoms with E-state index in [-0.39, 0.29) is 0 Å². The summed E-state index contributed by atoms with van der Waals surface area (Å²) in [6.07, 6.45) is 0. The fourth-order valence-corrected chi connectivity index (χ4v) is 4.54. The minimum atomic E-state index is -0.403. The Labute approximate surface area is 219 Å². The molecule has 0 N–H and O–H groups in total. The van der Waals surface area contributed by atoms with E-state index < -0.39 is 11.6 Å². The third-order valence-electron chi connectivity index (χ3n) is 6.43. The SMILES string of the molecule is Fc1ccccc1-c1cc(-c2ccccc2F)nc(-c2cc(-c3ccccc3)cc(-c3ccccc3)c2)n1. The van der Waals surface area contributed by atoms with Gasteiger partial charge in [-0.15, -0.1) is 0 Å². The van der Waals surface area contributed by atoms with Crippen LogP contribution in [0, 0.1) is 11.6 Å². The molecule has 6 rings (SSSR count). The van der Waals surface area contributed by atoms with Crippen molar-refractivity contribution in [1.29, 1.82) is 0 Å². The van der Waals surface area contributed by atoms with Crippen LogP contribution in [0.4, 0.5) is 8.78 Å². The maximum Gasteiger partial charge on any atom is 0.160 e. The molecule has 0 saturated heterocycles. The molecule has 182 valence electrons. The van der Waals surface area contributed by atoms with Gasteiger partial charge < -0.3 is 0 Å². The van der Waals surface area contributed by atoms with Crippen LogP contribution in [0.25, 0.3) is 56.2 Å². The molecule has 0 aliphatic heterocycles. The van der Waals surface area contributed by atoms with Gasteiger partial charge in [0.2, 0.25) is 0 Å². The van der Waals surface area contributed by atoms with Crippen molar-refractivity contribution in [2.45, 2.75) is 0 Å². The minimum Gasteiger partial charge on any atom is -0.228 e. The fraction of sp³-hybridized carbons (Fsp3) is 0. The predicted octanol–water partition coefficient (Wildman–Crippen LogP) is 9.09. The van der Waals surface area contributed by atoms with Crippen molar-refractivity contribution in [3.05, 3.63) is 145 Å². The quantitative estimate of drug-likeness (QED) is 0.238. The monoisotopic (exact) mass is 496 g/mol. The summed E-state index contributed by atoms with van der Waals surface area (Å²) in [7, 11) is 0. The molecule has 0 bridgehead atoms. The Balaban J connectivity index is 1.61. The molecule has 4 heteroatoms. The van der Waals surface area contributed by atoms with Crippen molar-refractivity contribution in [3.63, 3.8) is 0 Å². The maximum atomic E-state index is 14.9. The van der Waals surface area contributed by atoms with Gasteiger partial charge >= 0.3 is 0 Å². The topological polar surface area (TPSA) is 25.8 Å². The Bertz CT molecular complexity index is 1610. The molecule has 5 aromatic carbocycles. The van der Waals surface area contributed by atoms with Gasteiger partial charge in [-0.3, -0.25) is 0 Å². The van der Waals surface area contributed by atoms with Crippen molar-refractivity contribution in [3.8, 4) is 56.2 Å². The summed E-state index contributed by atoms with van der Waals surface area (Å²) in [5.41, 5.74) is 6.27. The second-order valence-corrected chi connectivity index (χ2v) is 8.95. The first-order valence-corrected chi connectivity index (χ1v) is 12.3. The number of hydrogen-bond donors (Lipinski definition) is 0. The van der Waals surface area contributed by atoms with Gasteiger partial charge in [0, 0.05) is 16.7 Å². The first kappa shape index (κ1) is 23.4. The Morgan fingerprint density at radius 3 is 1.21 bits per heavy atom. The predicted molar refractivity (Wildman–Crippen MR) is 149 cm³/mol. The molecule has 0 fully saturated rings. The third kappa shape index (κ3) is 4.72. The average molecular weight is 497 g/mol. The van der Waals surface area contributed by atoms with Gasteiger partial charge in [0.15, 0.2) is 5.82 Å². The third-order valence-corrected chi connectivity index (χ3v) is 6.43. The number of rotatable bonds is 5. The van der Waals surface area contributed by atoms with Crippen molar-refractivity contribution in [2.75, 3.05) is 0 Å². The Morgan fingerprint density at radius 1 is 0.368 bits per heavy atom. The number of nitrogens with zero attached hydrogens (tertiary/aromatic N) is 2. The first-order valence-electron chi connectivity index (χ1n) is 12.3. The fourth-order valence-electron chi connectivity index (χ4n) is 4.54. The Kier molecular flexibility index (Phi) is 6.29. The van der Waals surface area contributed by atoms with Gasteiger partial charge in [0.05, 0.1) is 11.4 Å². The molecular weight excluding hydrogens is 474 g/mol. The van der Waals surface area contributed by atoms with Gasteiger partial charge in [-0.25, -0.2) is 18.7 Å². The molecule has 0 aliphatic carbocycles. The highest BCUT2D eigenvalue weighted by molar-refractivity contribution is 5.81. The summed E-state index contributed by atoms with van der Waals surface area (Å²) in [5.74, 6) is -0.418. The molecule has 38 heavy (non-hydrogen) atoms. The lowest BCUT2D eigenvalue weighted by atomic mass is 9.95. The molecule has 2 nitrogen and oxygen atoms in total. The van der Waals surface area contributed by atoms with E-state index in [9.17, 15) is 8.78 Å². The van der Waals surface area contributed by atoms with E-state index in [4.69, 9.17) is 9.97 Å². The van der Waals surface area contributed by atoms with E-state index in [2.05, 4.69) is 30.3 Å². The highest BCUT2D eigenvalue weighted by Gasteiger charge is 2.16. The molecule has 0 aliphatic rings. The van der Waals surface area contributed by atoms with Crippen LogP contribution in [0.3, 0.4) is 0 Å². The number of benzene rings is 5. The summed E-state index contributed by atoms with van der Waals surface area (Å²) in [6.45, 7) is 0. The zero-order chi connectivity index (χ0) is 25.9. The van der Waals surface area contributed by atoms with Crippen molar-refractivity contribution >= 4 is 0 Å². The summed E-state index contributed by atoms with van der Waals surface area (Å²) < 4.78 is 29.7. The molecule has 1 aromatic heterocycles. The van der Waals surface area contributed by atoms with Crippen molar-refractivity contribution in [2.24, 2.45) is 0 Å². The molecule has 0 spiro atoms. The van der Waals surface area contributed by atoms with Gasteiger partial charge in [0.25, 0.3) is 0 Å². The number of halogens is 2. The lowest BCUT2D eigenvalue weighted by Gasteiger charge is -2.13. The van der Waals surface area contributed by atoms with Gasteiger partial charge in [-0.2, -0.15) is 0 Å². The highest BCUT2D eigenvalue weighted by atomic mass is 19.1. The standard InChI is InChI=1S/C34H22F2N2/c35-30-17-9-7-15-28(30)32-22-33(29-16-8-10-18-31(29)36)38-34(37-32)27-20-25(23-11-3-1-4-12-23)19-26(21-27)24-13-5-2-6-14-24/h1-22H. The van der Waals surface area contributed by atoms with Crippen molar-refractivity contribution < 1.29 is 8.78 Å². The highest BCUT2D eigenvalue weighted by Crippen LogP contribution is 2.34. The van der Waals surface area contributed by atoms with E-state index in [0.717, 1.165) is 27.8 Å². The second kappa shape index (κ2) is 10.2. The van der Waals surface area contributed by atoms with E-state index >= 15 is 0 Å². The molecule has 0 atom stereocenters. The van der Waals surface area contributed by atoms with Crippen LogP contribution in [-0.2, 0) is 0 Å². The maximum absolute atomic E-state index is 14.9. The van der Waals surface area contributed by atoms with Crippen LogP contribution < -0.4 is 0 Å². The zero-order valence-electron chi connectivity index (χ0n) is 20.4. The Morgan fingerprint density at radius 2 is 0.763 bits per heavy atom. The molecule has 0 radical (unpaired) electrons. The lowest BCUT2D eigenvalue weighted by Crippen LogP contribution is -1.98. The molecule has 0 amide bonds. The van der Waals surface area contributed by atoms with Crippen LogP contribution in [-0.4, -0.2) is 9.97 Å². The summed E-state index contributed by atoms with van der Waals surface area (Å²) in [5, 5.41) is 0. The van der Waals surface area contributed by atoms with E-state index in [1.807, 2.05) is 48.5 Å². The van der Waals surface area contributed by atoms with Gasteiger partial charge in [0.1, 0.15) is 11.6 Å². The first-order chi connectivity index (χ1) is 18.7. The van der Waals surface area contributed by atoms with Crippen LogP contribution in [0.5, 0.6) is 0 Å². The van der Waals surface area contributed by atoms with Crippen LogP contribution in [0.15, 0.2) is 133 Å². The van der Waals surface area contributed by atoms with E-state index in [1.165, 1.54) is 12.1 Å². The van der Waals surface area contributed by atoms with Crippen LogP contribution >= 0.6 is 0 Å². The average Bonchev–Trinajstić information content (AvgIpc) is 2.98. The minimum absolute atomic E-state index is 0.330. The molecule has 0 saturated carbocycles. The smallest absolute Gasteiger partial charge is 0.160 e. The van der Waals surface area contributed by atoms with E-state index in [0.29, 0.717) is 28.3 Å². The summed E-state index contributed by atoms with van der Waals surface area (Å²) in [6, 6.07) is 40.9. The molecule has 6 aromatic rings. The van der Waals surface area contributed by atoms with Gasteiger partial charge in [-0.1, -0.05) is 84.9 Å². The number of aromatic nitrogens is 2. The normalized spacial score (nSPS) is 10.9. The summed E-state index contributed by atoms with van der Waals surface area (Å²) in [4.78, 5) is 9.57. The van der Waals surface area contributed by atoms with Crippen LogP contribution in [0.1, 0.15) is 0 Å². The zero-order valence-corrected chi connectivity index (χ0v) is 20.4. The van der Waals surface area contributed by atoms with Crippen molar-refractivity contribution in [1.82, 2.24) is 9.97 Å². The molecular formula is C34H22F2N2. The molecule has 1 heterocycles. The largest absolute Gasteiger partial charge is 0.228 e. The second-order valence-electron chi connectivity index (χ2n) is 8.95. The summed E-state index contributed by atoms with van der Waals surface area (Å²) >= 11 is 0. The molecule has 0 unspecified atom stereocenters. The van der Waals surface area contributed by atoms with Crippen LogP contribution in [0.2, 0.25) is 0 Å². The Hall–Kier alpha value is -4.96. The van der Waals surface area contributed by atoms with Gasteiger partial charge in [-0.05, 0) is 70.8 Å².